The van der Waals surface area contributed by atoms with Crippen LogP contribution in [0.25, 0.3) is 0 Å². The topological polar surface area (TPSA) is 21.6 Å². The molecular weight excluding hydrogens is 374 g/mol. The molecule has 0 amide bonds. The quantitative estimate of drug-likeness (QED) is 0.280. The molecule has 1 rings (SSSR count). The average Bonchev–Trinajstić information content (AvgIpc) is 2.60. The molecule has 0 N–H and O–H groups in total. The number of rotatable bonds is 11. The van der Waals surface area contributed by atoms with E-state index in [1.54, 1.807) is 7.11 Å². The minimum absolute atomic E-state index is 0.00141. The summed E-state index contributed by atoms with van der Waals surface area (Å²) >= 11 is 3.55. The second kappa shape index (κ2) is 11.5. The molecule has 2 atom stereocenters. The second-order valence-electron chi connectivity index (χ2n) is 6.93. The summed E-state index contributed by atoms with van der Waals surface area (Å²) in [5.41, 5.74) is 1.03. The van der Waals surface area contributed by atoms with Crippen LogP contribution in [0.3, 0.4) is 0 Å². The van der Waals surface area contributed by atoms with E-state index in [9.17, 15) is 0 Å². The van der Waals surface area contributed by atoms with Crippen molar-refractivity contribution in [3.63, 3.8) is 0 Å². The van der Waals surface area contributed by atoms with Gasteiger partial charge in [-0.15, -0.1) is 0 Å². The molecule has 2 nitrogen and oxygen atoms in total. The average molecular weight is 408 g/mol. The van der Waals surface area contributed by atoms with Crippen LogP contribution in [0.1, 0.15) is 71.8 Å². The molecule has 140 valence electrons. The Labute approximate surface area is 162 Å². The molecule has 0 aliphatic carbocycles. The van der Waals surface area contributed by atoms with Crippen molar-refractivity contribution in [3.8, 4) is 5.75 Å². The molecule has 0 saturated heterocycles. The molecule has 3 heteroatoms. The highest BCUT2D eigenvalue weighted by molar-refractivity contribution is 9.10. The third-order valence-electron chi connectivity index (χ3n) is 4.85. The lowest BCUT2D eigenvalue weighted by atomic mass is 9.81. The van der Waals surface area contributed by atoms with Gasteiger partial charge in [0.25, 0.3) is 0 Å². The number of hydrogen-bond donors (Lipinski definition) is 0. The van der Waals surface area contributed by atoms with Crippen LogP contribution in [0, 0.1) is 5.92 Å². The van der Waals surface area contributed by atoms with E-state index in [0.29, 0.717) is 5.92 Å². The van der Waals surface area contributed by atoms with Gasteiger partial charge in [0.05, 0.1) is 12.6 Å². The predicted molar refractivity (Wildman–Crippen MR) is 114 cm³/mol. The van der Waals surface area contributed by atoms with E-state index in [2.05, 4.69) is 61.8 Å². The molecule has 1 aromatic rings. The minimum Gasteiger partial charge on any atom is -0.496 e. The molecule has 25 heavy (non-hydrogen) atoms. The first-order valence-corrected chi connectivity index (χ1v) is 10.3. The van der Waals surface area contributed by atoms with Crippen LogP contribution < -0.4 is 4.74 Å². The SMILES string of the molecule is CC=CCCC(CC)(CC(C)CCC)N=Cc1cc(Br)ccc1OC. The van der Waals surface area contributed by atoms with Crippen molar-refractivity contribution in [2.45, 2.75) is 71.8 Å². The van der Waals surface area contributed by atoms with Crippen molar-refractivity contribution < 1.29 is 4.74 Å². The molecule has 0 aliphatic rings. The summed E-state index contributed by atoms with van der Waals surface area (Å²) in [5, 5.41) is 0. The Bertz CT molecular complexity index is 567. The number of allylic oxidation sites excluding steroid dienone is 2. The molecule has 0 aliphatic heterocycles. The fourth-order valence-electron chi connectivity index (χ4n) is 3.41. The van der Waals surface area contributed by atoms with E-state index < -0.39 is 0 Å². The van der Waals surface area contributed by atoms with Crippen molar-refractivity contribution in [3.05, 3.63) is 40.4 Å². The van der Waals surface area contributed by atoms with Gasteiger partial charge in [-0.25, -0.2) is 0 Å². The Hall–Kier alpha value is -1.09. The van der Waals surface area contributed by atoms with Crippen LogP contribution in [0.15, 0.2) is 39.8 Å². The minimum atomic E-state index is 0.00141. The third-order valence-corrected chi connectivity index (χ3v) is 5.34. The first-order chi connectivity index (χ1) is 12.0. The maximum atomic E-state index is 5.49. The monoisotopic (exact) mass is 407 g/mol. The maximum absolute atomic E-state index is 5.49. The van der Waals surface area contributed by atoms with Gasteiger partial charge in [0.1, 0.15) is 5.75 Å². The van der Waals surface area contributed by atoms with Gasteiger partial charge < -0.3 is 4.74 Å². The zero-order valence-electron chi connectivity index (χ0n) is 16.5. The van der Waals surface area contributed by atoms with Crippen LogP contribution >= 0.6 is 15.9 Å². The first kappa shape index (κ1) is 22.0. The Morgan fingerprint density at radius 2 is 2.08 bits per heavy atom. The molecule has 0 radical (unpaired) electrons. The molecule has 0 heterocycles. The van der Waals surface area contributed by atoms with Crippen molar-refractivity contribution in [2.24, 2.45) is 10.9 Å². The summed E-state index contributed by atoms with van der Waals surface area (Å²) in [4.78, 5) is 5.13. The fraction of sp³-hybridized carbons (Fsp3) is 0.591. The van der Waals surface area contributed by atoms with Crippen molar-refractivity contribution in [1.82, 2.24) is 0 Å². The van der Waals surface area contributed by atoms with E-state index in [1.807, 2.05) is 18.3 Å². The van der Waals surface area contributed by atoms with Crippen molar-refractivity contribution in [1.29, 1.82) is 0 Å². The highest BCUT2D eigenvalue weighted by atomic mass is 79.9. The standard InChI is InChI=1S/C22H34BrNO/c1-6-9-10-14-22(8-3,16-18(4)11-7-2)24-17-19-15-20(23)12-13-21(19)25-5/h6,9,12-13,15,17-18H,7-8,10-11,14,16H2,1-5H3. The van der Waals surface area contributed by atoms with E-state index in [4.69, 9.17) is 9.73 Å². The Morgan fingerprint density at radius 1 is 1.32 bits per heavy atom. The van der Waals surface area contributed by atoms with Gasteiger partial charge in [0.15, 0.2) is 0 Å². The summed E-state index contributed by atoms with van der Waals surface area (Å²) in [6.07, 6.45) is 13.3. The summed E-state index contributed by atoms with van der Waals surface area (Å²) in [7, 11) is 1.71. The Kier molecular flexibility index (Phi) is 10.1. The lowest BCUT2D eigenvalue weighted by Crippen LogP contribution is -2.28. The summed E-state index contributed by atoms with van der Waals surface area (Å²) in [6.45, 7) is 8.98. The number of nitrogens with zero attached hydrogens (tertiary/aromatic N) is 1. The zero-order chi connectivity index (χ0) is 18.7. The largest absolute Gasteiger partial charge is 0.496 e. The van der Waals surface area contributed by atoms with Crippen LogP contribution in [-0.4, -0.2) is 18.9 Å². The van der Waals surface area contributed by atoms with E-state index in [-0.39, 0.29) is 5.54 Å². The van der Waals surface area contributed by atoms with Crippen molar-refractivity contribution in [2.75, 3.05) is 7.11 Å². The lowest BCUT2D eigenvalue weighted by Gasteiger charge is -2.31. The summed E-state index contributed by atoms with van der Waals surface area (Å²) in [5.74, 6) is 1.56. The van der Waals surface area contributed by atoms with Gasteiger partial charge in [-0.05, 0) is 56.7 Å². The smallest absolute Gasteiger partial charge is 0.127 e. The summed E-state index contributed by atoms with van der Waals surface area (Å²) < 4.78 is 6.54. The molecule has 0 saturated carbocycles. The maximum Gasteiger partial charge on any atom is 0.127 e. The number of aliphatic imine (C=N–C) groups is 1. The first-order valence-electron chi connectivity index (χ1n) is 9.50. The van der Waals surface area contributed by atoms with Crippen LogP contribution in [0.2, 0.25) is 0 Å². The van der Waals surface area contributed by atoms with Crippen LogP contribution in [-0.2, 0) is 0 Å². The number of ether oxygens (including phenoxy) is 1. The molecular formula is C22H34BrNO. The normalized spacial score (nSPS) is 15.6. The van der Waals surface area contributed by atoms with Crippen LogP contribution in [0.4, 0.5) is 0 Å². The molecule has 0 aromatic heterocycles. The predicted octanol–water partition coefficient (Wildman–Crippen LogP) is 7.21. The molecule has 0 spiro atoms. The number of methoxy groups -OCH3 is 1. The van der Waals surface area contributed by atoms with Gasteiger partial charge in [0.2, 0.25) is 0 Å². The van der Waals surface area contributed by atoms with Gasteiger partial charge in [-0.1, -0.05) is 61.7 Å². The molecule has 0 fully saturated rings. The van der Waals surface area contributed by atoms with E-state index >= 15 is 0 Å². The van der Waals surface area contributed by atoms with Gasteiger partial charge in [0, 0.05) is 16.3 Å². The highest BCUT2D eigenvalue weighted by Crippen LogP contribution is 2.33. The van der Waals surface area contributed by atoms with Gasteiger partial charge in [-0.3, -0.25) is 4.99 Å². The van der Waals surface area contributed by atoms with E-state index in [0.717, 1.165) is 41.5 Å². The highest BCUT2D eigenvalue weighted by Gasteiger charge is 2.28. The van der Waals surface area contributed by atoms with Crippen molar-refractivity contribution >= 4 is 22.1 Å². The summed E-state index contributed by atoms with van der Waals surface area (Å²) in [6, 6.07) is 6.06. The lowest BCUT2D eigenvalue weighted by molar-refractivity contribution is 0.294. The molecule has 1 aromatic carbocycles. The Morgan fingerprint density at radius 3 is 2.68 bits per heavy atom. The zero-order valence-corrected chi connectivity index (χ0v) is 18.1. The Balaban J connectivity index is 3.10. The second-order valence-corrected chi connectivity index (χ2v) is 7.84. The number of halogens is 1. The van der Waals surface area contributed by atoms with E-state index in [1.165, 1.54) is 12.8 Å². The number of hydrogen-bond acceptors (Lipinski definition) is 2. The van der Waals surface area contributed by atoms with Crippen LogP contribution in [0.5, 0.6) is 5.75 Å². The van der Waals surface area contributed by atoms with Gasteiger partial charge in [-0.2, -0.15) is 0 Å². The number of benzene rings is 1. The van der Waals surface area contributed by atoms with Gasteiger partial charge >= 0.3 is 0 Å². The third kappa shape index (κ3) is 7.35. The fourth-order valence-corrected chi connectivity index (χ4v) is 3.79. The molecule has 2 unspecified atom stereocenters. The molecule has 0 bridgehead atoms.